The molecule has 2 rings (SSSR count). The van der Waals surface area contributed by atoms with E-state index in [-0.39, 0.29) is 0 Å². The zero-order valence-corrected chi connectivity index (χ0v) is 10.7. The maximum atomic E-state index is 5.14. The number of anilines is 1. The lowest BCUT2D eigenvalue weighted by Crippen LogP contribution is -2.37. The van der Waals surface area contributed by atoms with E-state index < -0.39 is 0 Å². The molecule has 0 aromatic carbocycles. The van der Waals surface area contributed by atoms with Gasteiger partial charge in [0.1, 0.15) is 0 Å². The van der Waals surface area contributed by atoms with Crippen molar-refractivity contribution in [2.75, 3.05) is 32.6 Å². The van der Waals surface area contributed by atoms with Crippen molar-refractivity contribution in [1.29, 1.82) is 0 Å². The number of aryl methyl sites for hydroxylation is 1. The third-order valence-corrected chi connectivity index (χ3v) is 3.09. The molecule has 1 aromatic heterocycles. The fourth-order valence-electron chi connectivity index (χ4n) is 2.04. The van der Waals surface area contributed by atoms with Gasteiger partial charge in [0.2, 0.25) is 11.8 Å². The van der Waals surface area contributed by atoms with Crippen molar-refractivity contribution in [3.8, 4) is 5.88 Å². The minimum absolute atomic E-state index is 0.470. The topological polar surface area (TPSA) is 50.3 Å². The number of methoxy groups -OCH3 is 1. The number of aromatic nitrogens is 2. The summed E-state index contributed by atoms with van der Waals surface area (Å²) in [5, 5.41) is 3.39. The summed E-state index contributed by atoms with van der Waals surface area (Å²) in [6.45, 7) is 4.20. The van der Waals surface area contributed by atoms with E-state index in [1.807, 2.05) is 13.0 Å². The van der Waals surface area contributed by atoms with Gasteiger partial charge in [0.05, 0.1) is 7.11 Å². The number of hydrogen-bond donors (Lipinski definition) is 1. The van der Waals surface area contributed by atoms with Crippen LogP contribution in [-0.2, 0) is 0 Å². The molecular formula is C12H20N4O. The van der Waals surface area contributed by atoms with Crippen molar-refractivity contribution in [1.82, 2.24) is 14.9 Å². The van der Waals surface area contributed by atoms with Gasteiger partial charge in [-0.15, -0.1) is 0 Å². The minimum Gasteiger partial charge on any atom is -0.481 e. The molecule has 1 N–H and O–H groups in total. The summed E-state index contributed by atoms with van der Waals surface area (Å²) in [4.78, 5) is 11.0. The summed E-state index contributed by atoms with van der Waals surface area (Å²) in [6, 6.07) is 2.30. The Morgan fingerprint density at radius 1 is 1.35 bits per heavy atom. The van der Waals surface area contributed by atoms with Gasteiger partial charge in [-0.1, -0.05) is 0 Å². The van der Waals surface area contributed by atoms with Crippen LogP contribution in [0.25, 0.3) is 0 Å². The van der Waals surface area contributed by atoms with Crippen LogP contribution in [0, 0.1) is 6.92 Å². The number of ether oxygens (including phenoxy) is 1. The van der Waals surface area contributed by atoms with Crippen LogP contribution in [0.3, 0.4) is 0 Å². The van der Waals surface area contributed by atoms with E-state index in [1.54, 1.807) is 7.11 Å². The number of nitrogens with one attached hydrogen (secondary N) is 1. The highest BCUT2D eigenvalue weighted by molar-refractivity contribution is 5.31. The predicted octanol–water partition coefficient (Wildman–Crippen LogP) is 1.30. The third kappa shape index (κ3) is 3.30. The van der Waals surface area contributed by atoms with Crippen LogP contribution in [0.1, 0.15) is 18.5 Å². The van der Waals surface area contributed by atoms with E-state index in [9.17, 15) is 0 Å². The Bertz CT molecular complexity index is 375. The van der Waals surface area contributed by atoms with Gasteiger partial charge in [0, 0.05) is 17.8 Å². The molecule has 0 bridgehead atoms. The largest absolute Gasteiger partial charge is 0.481 e. The summed E-state index contributed by atoms with van der Waals surface area (Å²) in [6.07, 6.45) is 2.27. The lowest BCUT2D eigenvalue weighted by molar-refractivity contribution is 0.263. The summed E-state index contributed by atoms with van der Waals surface area (Å²) >= 11 is 0. The van der Waals surface area contributed by atoms with Crippen molar-refractivity contribution in [3.63, 3.8) is 0 Å². The van der Waals surface area contributed by atoms with Gasteiger partial charge >= 0.3 is 0 Å². The Hall–Kier alpha value is -1.36. The lowest BCUT2D eigenvalue weighted by Gasteiger charge is -2.29. The number of rotatable bonds is 3. The first kappa shape index (κ1) is 12.1. The number of piperidine rings is 1. The molecule has 0 amide bonds. The van der Waals surface area contributed by atoms with Gasteiger partial charge in [-0.2, -0.15) is 4.98 Å². The molecular weight excluding hydrogens is 216 g/mol. The molecule has 1 aromatic rings. The molecule has 0 aliphatic carbocycles. The second-order valence-corrected chi connectivity index (χ2v) is 4.60. The van der Waals surface area contributed by atoms with Crippen molar-refractivity contribution < 1.29 is 4.74 Å². The van der Waals surface area contributed by atoms with Crippen LogP contribution in [-0.4, -0.2) is 48.2 Å². The molecule has 1 aliphatic heterocycles. The predicted molar refractivity (Wildman–Crippen MR) is 67.5 cm³/mol. The molecule has 5 heteroatoms. The SMILES string of the molecule is COc1cc(C)nc(NC2CCN(C)CC2)n1. The fraction of sp³-hybridized carbons (Fsp3) is 0.667. The first-order valence-corrected chi connectivity index (χ1v) is 6.02. The monoisotopic (exact) mass is 236 g/mol. The van der Waals surface area contributed by atoms with Crippen molar-refractivity contribution >= 4 is 5.95 Å². The standard InChI is InChI=1S/C12H20N4O/c1-9-8-11(17-3)15-12(13-9)14-10-4-6-16(2)7-5-10/h8,10H,4-7H2,1-3H3,(H,13,14,15). The number of nitrogens with zero attached hydrogens (tertiary/aromatic N) is 3. The Balaban J connectivity index is 2.00. The van der Waals surface area contributed by atoms with Crippen LogP contribution in [0.2, 0.25) is 0 Å². The highest BCUT2D eigenvalue weighted by Gasteiger charge is 2.17. The molecule has 0 spiro atoms. The zero-order chi connectivity index (χ0) is 12.3. The second-order valence-electron chi connectivity index (χ2n) is 4.60. The van der Waals surface area contributed by atoms with Crippen LogP contribution in [0.4, 0.5) is 5.95 Å². The molecule has 1 aliphatic rings. The summed E-state index contributed by atoms with van der Waals surface area (Å²) < 4.78 is 5.14. The Kier molecular flexibility index (Phi) is 3.78. The van der Waals surface area contributed by atoms with E-state index in [0.717, 1.165) is 31.6 Å². The molecule has 2 heterocycles. The Morgan fingerprint density at radius 2 is 2.06 bits per heavy atom. The minimum atomic E-state index is 0.470. The van der Waals surface area contributed by atoms with Gasteiger partial charge in [-0.05, 0) is 39.9 Å². The van der Waals surface area contributed by atoms with Gasteiger partial charge in [-0.3, -0.25) is 0 Å². The third-order valence-electron chi connectivity index (χ3n) is 3.09. The van der Waals surface area contributed by atoms with Crippen molar-refractivity contribution in [2.45, 2.75) is 25.8 Å². The van der Waals surface area contributed by atoms with E-state index in [2.05, 4.69) is 27.2 Å². The van der Waals surface area contributed by atoms with E-state index in [4.69, 9.17) is 4.74 Å². The molecule has 0 radical (unpaired) electrons. The highest BCUT2D eigenvalue weighted by atomic mass is 16.5. The Morgan fingerprint density at radius 3 is 2.71 bits per heavy atom. The number of hydrogen-bond acceptors (Lipinski definition) is 5. The molecule has 5 nitrogen and oxygen atoms in total. The molecule has 0 atom stereocenters. The van der Waals surface area contributed by atoms with E-state index in [0.29, 0.717) is 17.9 Å². The maximum absolute atomic E-state index is 5.14. The lowest BCUT2D eigenvalue weighted by atomic mass is 10.1. The summed E-state index contributed by atoms with van der Waals surface area (Å²) in [5.74, 6) is 1.30. The molecule has 1 saturated heterocycles. The van der Waals surface area contributed by atoms with Gasteiger partial charge < -0.3 is 15.0 Å². The first-order valence-electron chi connectivity index (χ1n) is 6.02. The normalized spacial score (nSPS) is 18.1. The first-order chi connectivity index (χ1) is 8.17. The molecule has 0 unspecified atom stereocenters. The van der Waals surface area contributed by atoms with Crippen LogP contribution in [0.5, 0.6) is 5.88 Å². The van der Waals surface area contributed by atoms with Crippen LogP contribution in [0.15, 0.2) is 6.07 Å². The highest BCUT2D eigenvalue weighted by Crippen LogP contribution is 2.16. The zero-order valence-electron chi connectivity index (χ0n) is 10.7. The molecule has 0 saturated carbocycles. The molecule has 94 valence electrons. The summed E-state index contributed by atoms with van der Waals surface area (Å²) in [7, 11) is 3.78. The molecule has 17 heavy (non-hydrogen) atoms. The number of likely N-dealkylation sites (tertiary alicyclic amines) is 1. The maximum Gasteiger partial charge on any atom is 0.226 e. The fourth-order valence-corrected chi connectivity index (χ4v) is 2.04. The van der Waals surface area contributed by atoms with Crippen molar-refractivity contribution in [2.24, 2.45) is 0 Å². The van der Waals surface area contributed by atoms with Crippen LogP contribution >= 0.6 is 0 Å². The quantitative estimate of drug-likeness (QED) is 0.857. The Labute approximate surface area is 102 Å². The van der Waals surface area contributed by atoms with E-state index >= 15 is 0 Å². The average molecular weight is 236 g/mol. The van der Waals surface area contributed by atoms with Gasteiger partial charge in [0.25, 0.3) is 0 Å². The molecule has 1 fully saturated rings. The van der Waals surface area contributed by atoms with Gasteiger partial charge in [0.15, 0.2) is 0 Å². The summed E-state index contributed by atoms with van der Waals surface area (Å²) in [5.41, 5.74) is 0.923. The van der Waals surface area contributed by atoms with E-state index in [1.165, 1.54) is 0 Å². The van der Waals surface area contributed by atoms with Crippen LogP contribution < -0.4 is 10.1 Å². The smallest absolute Gasteiger partial charge is 0.226 e. The van der Waals surface area contributed by atoms with Gasteiger partial charge in [-0.25, -0.2) is 4.98 Å². The average Bonchev–Trinajstić information content (AvgIpc) is 2.31. The second kappa shape index (κ2) is 5.31. The van der Waals surface area contributed by atoms with Crippen molar-refractivity contribution in [3.05, 3.63) is 11.8 Å².